The number of hydrogen-bond donors (Lipinski definition) is 2. The lowest BCUT2D eigenvalue weighted by Gasteiger charge is -2.37. The van der Waals surface area contributed by atoms with Gasteiger partial charge in [-0.15, -0.1) is 0 Å². The van der Waals surface area contributed by atoms with Gasteiger partial charge in [-0.2, -0.15) is 0 Å². The van der Waals surface area contributed by atoms with E-state index in [4.69, 9.17) is 9.47 Å². The summed E-state index contributed by atoms with van der Waals surface area (Å²) in [7, 11) is 3.21. The molecule has 1 aliphatic rings. The highest BCUT2D eigenvalue weighted by atomic mass is 16.5. The molecule has 0 saturated carbocycles. The predicted octanol–water partition coefficient (Wildman–Crippen LogP) is 3.94. The normalized spacial score (nSPS) is 17.8. The minimum atomic E-state index is -0.294. The van der Waals surface area contributed by atoms with E-state index >= 15 is 0 Å². The Labute approximate surface area is 196 Å². The first-order chi connectivity index (χ1) is 16.0. The average Bonchev–Trinajstić information content (AvgIpc) is 2.87. The number of nitrogens with zero attached hydrogens (tertiary/aromatic N) is 1. The number of urea groups is 1. The third kappa shape index (κ3) is 6.63. The van der Waals surface area contributed by atoms with E-state index in [-0.39, 0.29) is 23.8 Å². The Morgan fingerprint density at radius 1 is 1.00 bits per heavy atom. The second-order valence-corrected chi connectivity index (χ2v) is 8.44. The van der Waals surface area contributed by atoms with Gasteiger partial charge in [-0.1, -0.05) is 49.7 Å². The lowest BCUT2D eigenvalue weighted by atomic mass is 9.84. The van der Waals surface area contributed by atoms with Gasteiger partial charge in [0.2, 0.25) is 5.91 Å². The van der Waals surface area contributed by atoms with Crippen LogP contribution in [-0.2, 0) is 11.3 Å². The Balaban J connectivity index is 1.76. The molecule has 178 valence electrons. The minimum Gasteiger partial charge on any atom is -0.493 e. The summed E-state index contributed by atoms with van der Waals surface area (Å²) in [5, 5.41) is 6.05. The molecule has 1 fully saturated rings. The van der Waals surface area contributed by atoms with Gasteiger partial charge in [0.05, 0.1) is 20.1 Å². The average molecular weight is 454 g/mol. The highest BCUT2D eigenvalue weighted by molar-refractivity contribution is 5.81. The largest absolute Gasteiger partial charge is 0.493 e. The molecule has 1 saturated heterocycles. The summed E-state index contributed by atoms with van der Waals surface area (Å²) >= 11 is 0. The molecule has 33 heavy (non-hydrogen) atoms. The number of piperidine rings is 1. The van der Waals surface area contributed by atoms with Gasteiger partial charge in [-0.25, -0.2) is 4.79 Å². The van der Waals surface area contributed by atoms with Crippen LogP contribution in [0.3, 0.4) is 0 Å². The molecule has 2 atom stereocenters. The van der Waals surface area contributed by atoms with Crippen LogP contribution >= 0.6 is 0 Å². The number of rotatable bonds is 9. The highest BCUT2D eigenvalue weighted by Gasteiger charge is 2.34. The summed E-state index contributed by atoms with van der Waals surface area (Å²) in [6.45, 7) is 4.16. The van der Waals surface area contributed by atoms with Crippen molar-refractivity contribution in [3.8, 4) is 11.5 Å². The molecule has 0 bridgehead atoms. The lowest BCUT2D eigenvalue weighted by Crippen LogP contribution is -2.51. The molecule has 0 unspecified atom stereocenters. The number of likely N-dealkylation sites (tertiary alicyclic amines) is 1. The monoisotopic (exact) mass is 453 g/mol. The molecule has 2 aromatic carbocycles. The zero-order chi connectivity index (χ0) is 23.6. The number of carbonyl (C=O) groups excluding carboxylic acids is 2. The Morgan fingerprint density at radius 3 is 2.45 bits per heavy atom. The number of methoxy groups -OCH3 is 2. The van der Waals surface area contributed by atoms with Gasteiger partial charge in [0.25, 0.3) is 0 Å². The van der Waals surface area contributed by atoms with E-state index in [2.05, 4.69) is 17.6 Å². The van der Waals surface area contributed by atoms with Crippen molar-refractivity contribution < 1.29 is 19.1 Å². The molecule has 2 aromatic rings. The van der Waals surface area contributed by atoms with Gasteiger partial charge < -0.3 is 25.0 Å². The van der Waals surface area contributed by atoms with Crippen molar-refractivity contribution in [2.75, 3.05) is 33.9 Å². The molecule has 7 nitrogen and oxygen atoms in total. The van der Waals surface area contributed by atoms with Crippen LogP contribution in [0.25, 0.3) is 0 Å². The molecular weight excluding hydrogens is 418 g/mol. The number of carbonyl (C=O) groups is 2. The van der Waals surface area contributed by atoms with Crippen molar-refractivity contribution in [2.45, 2.75) is 38.6 Å². The van der Waals surface area contributed by atoms with Crippen LogP contribution in [0, 0.1) is 5.92 Å². The Bertz CT molecular complexity index is 919. The van der Waals surface area contributed by atoms with E-state index in [1.54, 1.807) is 19.1 Å². The van der Waals surface area contributed by atoms with Crippen molar-refractivity contribution in [2.24, 2.45) is 5.92 Å². The number of ether oxygens (including phenoxy) is 2. The third-order valence-corrected chi connectivity index (χ3v) is 6.10. The fourth-order valence-corrected chi connectivity index (χ4v) is 4.22. The number of nitrogens with one attached hydrogen (secondary N) is 2. The number of hydrogen-bond acceptors (Lipinski definition) is 4. The number of unbranched alkanes of at least 4 members (excludes halogenated alkanes) is 1. The number of benzene rings is 2. The Morgan fingerprint density at radius 2 is 1.76 bits per heavy atom. The highest BCUT2D eigenvalue weighted by Crippen LogP contribution is 2.35. The molecule has 3 amide bonds. The van der Waals surface area contributed by atoms with Crippen LogP contribution in [-0.4, -0.2) is 50.7 Å². The molecule has 0 aromatic heterocycles. The van der Waals surface area contributed by atoms with E-state index in [0.717, 1.165) is 24.0 Å². The van der Waals surface area contributed by atoms with Gasteiger partial charge in [0.1, 0.15) is 0 Å². The first-order valence-corrected chi connectivity index (χ1v) is 11.6. The maximum absolute atomic E-state index is 13.1. The third-order valence-electron chi connectivity index (χ3n) is 6.10. The molecule has 0 aliphatic carbocycles. The molecule has 3 rings (SSSR count). The summed E-state index contributed by atoms with van der Waals surface area (Å²) in [5.74, 6) is 0.990. The zero-order valence-electron chi connectivity index (χ0n) is 19.8. The summed E-state index contributed by atoms with van der Waals surface area (Å²) < 4.78 is 10.8. The molecule has 7 heteroatoms. The van der Waals surface area contributed by atoms with Crippen molar-refractivity contribution in [3.05, 3.63) is 59.7 Å². The van der Waals surface area contributed by atoms with Crippen LogP contribution in [0.4, 0.5) is 4.79 Å². The molecular formula is C26H35N3O4. The van der Waals surface area contributed by atoms with Gasteiger partial charge in [0.15, 0.2) is 11.5 Å². The second kappa shape index (κ2) is 12.1. The van der Waals surface area contributed by atoms with E-state index in [1.165, 1.54) is 0 Å². The quantitative estimate of drug-likeness (QED) is 0.564. The lowest BCUT2D eigenvalue weighted by molar-refractivity contribution is -0.126. The van der Waals surface area contributed by atoms with Crippen molar-refractivity contribution in [1.82, 2.24) is 15.5 Å². The first-order valence-electron chi connectivity index (χ1n) is 11.6. The van der Waals surface area contributed by atoms with E-state index in [9.17, 15) is 9.59 Å². The molecule has 0 spiro atoms. The SMILES string of the molecule is CCCCNC(=O)N1C[C@@H](C(=O)NCc2ccccc2)C[C@H](c2ccc(OC)c(OC)c2)C1. The van der Waals surface area contributed by atoms with Crippen LogP contribution < -0.4 is 20.1 Å². The van der Waals surface area contributed by atoms with Gasteiger partial charge in [0, 0.05) is 32.1 Å². The van der Waals surface area contributed by atoms with Crippen LogP contribution in [0.15, 0.2) is 48.5 Å². The van der Waals surface area contributed by atoms with Crippen LogP contribution in [0.1, 0.15) is 43.2 Å². The summed E-state index contributed by atoms with van der Waals surface area (Å²) in [4.78, 5) is 27.7. The summed E-state index contributed by atoms with van der Waals surface area (Å²) in [5.41, 5.74) is 2.08. The standard InChI is InChI=1S/C26H35N3O4/c1-4-5-13-27-26(31)29-17-21(20-11-12-23(32-2)24(15-20)33-3)14-22(18-29)25(30)28-16-19-9-7-6-8-10-19/h6-12,15,21-22H,4-5,13-14,16-18H2,1-3H3,(H,27,31)(H,28,30)/t21-,22-/m0/s1. The maximum atomic E-state index is 13.1. The van der Waals surface area contributed by atoms with Crippen LogP contribution in [0.5, 0.6) is 11.5 Å². The predicted molar refractivity (Wildman–Crippen MR) is 129 cm³/mol. The van der Waals surface area contributed by atoms with Gasteiger partial charge in [-0.05, 0) is 36.1 Å². The van der Waals surface area contributed by atoms with E-state index < -0.39 is 0 Å². The fourth-order valence-electron chi connectivity index (χ4n) is 4.22. The van der Waals surface area contributed by atoms with Crippen molar-refractivity contribution >= 4 is 11.9 Å². The maximum Gasteiger partial charge on any atom is 0.317 e. The fraction of sp³-hybridized carbons (Fsp3) is 0.462. The van der Waals surface area contributed by atoms with E-state index in [0.29, 0.717) is 44.1 Å². The van der Waals surface area contributed by atoms with Gasteiger partial charge in [-0.3, -0.25) is 4.79 Å². The Hall–Kier alpha value is -3.22. The van der Waals surface area contributed by atoms with Crippen molar-refractivity contribution in [3.63, 3.8) is 0 Å². The Kier molecular flexibility index (Phi) is 8.98. The van der Waals surface area contributed by atoms with Crippen molar-refractivity contribution in [1.29, 1.82) is 0 Å². The summed E-state index contributed by atoms with van der Waals surface area (Å²) in [6, 6.07) is 15.5. The molecule has 1 aliphatic heterocycles. The summed E-state index contributed by atoms with van der Waals surface area (Å²) in [6.07, 6.45) is 2.60. The smallest absolute Gasteiger partial charge is 0.317 e. The molecule has 1 heterocycles. The van der Waals surface area contributed by atoms with E-state index in [1.807, 2.05) is 48.5 Å². The molecule has 2 N–H and O–H groups in total. The number of amides is 3. The zero-order valence-corrected chi connectivity index (χ0v) is 19.8. The topological polar surface area (TPSA) is 79.9 Å². The van der Waals surface area contributed by atoms with Crippen LogP contribution in [0.2, 0.25) is 0 Å². The molecule has 0 radical (unpaired) electrons. The second-order valence-electron chi connectivity index (χ2n) is 8.44. The first kappa shape index (κ1) is 24.4. The van der Waals surface area contributed by atoms with Gasteiger partial charge >= 0.3 is 6.03 Å². The minimum absolute atomic E-state index is 0.0166.